The van der Waals surface area contributed by atoms with Crippen LogP contribution in [0.5, 0.6) is 0 Å². The number of esters is 1. The first-order chi connectivity index (χ1) is 7.22. The van der Waals surface area contributed by atoms with Crippen molar-refractivity contribution in [1.29, 1.82) is 0 Å². The lowest BCUT2D eigenvalue weighted by molar-refractivity contribution is -0.158. The van der Waals surface area contributed by atoms with Crippen molar-refractivity contribution in [3.63, 3.8) is 0 Å². The second-order valence-electron chi connectivity index (χ2n) is 5.03. The van der Waals surface area contributed by atoms with E-state index in [1.54, 1.807) is 6.33 Å². The molecule has 0 saturated heterocycles. The molecule has 1 aromatic rings. The number of aryl methyl sites for hydroxylation is 1. The summed E-state index contributed by atoms with van der Waals surface area (Å²) in [7, 11) is 0. The van der Waals surface area contributed by atoms with Gasteiger partial charge in [-0.1, -0.05) is 0 Å². The van der Waals surface area contributed by atoms with Crippen LogP contribution in [-0.4, -0.2) is 21.1 Å². The zero-order valence-electron chi connectivity index (χ0n) is 10.9. The van der Waals surface area contributed by atoms with Gasteiger partial charge in [-0.05, 0) is 41.5 Å². The van der Waals surface area contributed by atoms with Gasteiger partial charge in [-0.3, -0.25) is 0 Å². The average Bonchev–Trinajstić information content (AvgIpc) is 2.44. The summed E-state index contributed by atoms with van der Waals surface area (Å²) in [5.41, 5.74) is 1.49. The van der Waals surface area contributed by atoms with E-state index in [-0.39, 0.29) is 12.0 Å². The van der Waals surface area contributed by atoms with Crippen LogP contribution in [-0.2, 0) is 9.53 Å². The summed E-state index contributed by atoms with van der Waals surface area (Å²) in [6.45, 7) is 11.3. The van der Waals surface area contributed by atoms with E-state index in [2.05, 4.69) is 4.98 Å². The monoisotopic (exact) mass is 224 g/mol. The van der Waals surface area contributed by atoms with E-state index >= 15 is 0 Å². The predicted molar refractivity (Wildman–Crippen MR) is 62.3 cm³/mol. The molecule has 0 aliphatic carbocycles. The highest BCUT2D eigenvalue weighted by Gasteiger charge is 2.23. The average molecular weight is 224 g/mol. The maximum Gasteiger partial charge on any atom is 0.329 e. The summed E-state index contributed by atoms with van der Waals surface area (Å²) in [5.74, 6) is -0.229. The van der Waals surface area contributed by atoms with E-state index in [1.165, 1.54) is 0 Å². The molecule has 1 rings (SSSR count). The number of rotatable bonds is 2. The van der Waals surface area contributed by atoms with Gasteiger partial charge in [0, 0.05) is 5.69 Å². The SMILES string of the molecule is Cc1ncn(C(C)C(=O)OC(C)(C)C)c1C. The molecule has 0 spiro atoms. The maximum absolute atomic E-state index is 11.8. The van der Waals surface area contributed by atoms with Gasteiger partial charge in [0.1, 0.15) is 11.6 Å². The summed E-state index contributed by atoms with van der Waals surface area (Å²) >= 11 is 0. The largest absolute Gasteiger partial charge is 0.458 e. The van der Waals surface area contributed by atoms with Crippen molar-refractivity contribution in [2.75, 3.05) is 0 Å². The minimum atomic E-state index is -0.450. The van der Waals surface area contributed by atoms with Crippen molar-refractivity contribution in [2.24, 2.45) is 0 Å². The van der Waals surface area contributed by atoms with Crippen molar-refractivity contribution in [3.05, 3.63) is 17.7 Å². The molecule has 90 valence electrons. The maximum atomic E-state index is 11.8. The predicted octanol–water partition coefficient (Wildman–Crippen LogP) is 2.40. The van der Waals surface area contributed by atoms with Crippen LogP contribution in [0.1, 0.15) is 45.1 Å². The molecule has 0 aromatic carbocycles. The van der Waals surface area contributed by atoms with Crippen LogP contribution in [0.25, 0.3) is 0 Å². The lowest BCUT2D eigenvalue weighted by atomic mass is 10.2. The van der Waals surface area contributed by atoms with Crippen LogP contribution in [0.15, 0.2) is 6.33 Å². The van der Waals surface area contributed by atoms with Gasteiger partial charge in [-0.15, -0.1) is 0 Å². The molecule has 1 unspecified atom stereocenters. The van der Waals surface area contributed by atoms with E-state index in [0.717, 1.165) is 11.4 Å². The first-order valence-electron chi connectivity index (χ1n) is 5.45. The molecular formula is C12H20N2O2. The molecule has 1 heterocycles. The molecule has 0 radical (unpaired) electrons. The van der Waals surface area contributed by atoms with E-state index < -0.39 is 5.60 Å². The molecule has 16 heavy (non-hydrogen) atoms. The second kappa shape index (κ2) is 4.28. The molecule has 0 saturated carbocycles. The van der Waals surface area contributed by atoms with E-state index in [0.29, 0.717) is 0 Å². The minimum absolute atomic E-state index is 0.229. The Hall–Kier alpha value is -1.32. The Kier molecular flexibility index (Phi) is 3.41. The Bertz CT molecular complexity index is 388. The van der Waals surface area contributed by atoms with Gasteiger partial charge in [-0.25, -0.2) is 9.78 Å². The molecule has 0 amide bonds. The third-order valence-electron chi connectivity index (χ3n) is 2.45. The molecule has 0 bridgehead atoms. The number of carbonyl (C=O) groups is 1. The summed E-state index contributed by atoms with van der Waals surface area (Å²) in [4.78, 5) is 16.0. The smallest absolute Gasteiger partial charge is 0.329 e. The van der Waals surface area contributed by atoms with Crippen LogP contribution < -0.4 is 0 Å². The van der Waals surface area contributed by atoms with E-state index in [9.17, 15) is 4.79 Å². The van der Waals surface area contributed by atoms with Crippen molar-refractivity contribution >= 4 is 5.97 Å². The summed E-state index contributed by atoms with van der Waals surface area (Å²) in [6, 6.07) is -0.333. The van der Waals surface area contributed by atoms with E-state index in [1.807, 2.05) is 46.1 Å². The highest BCUT2D eigenvalue weighted by Crippen LogP contribution is 2.17. The number of aromatic nitrogens is 2. The lowest BCUT2D eigenvalue weighted by Crippen LogP contribution is -2.29. The van der Waals surface area contributed by atoms with Gasteiger partial charge in [0.2, 0.25) is 0 Å². The number of ether oxygens (including phenoxy) is 1. The number of imidazole rings is 1. The van der Waals surface area contributed by atoms with Crippen molar-refractivity contribution < 1.29 is 9.53 Å². The molecule has 0 N–H and O–H groups in total. The van der Waals surface area contributed by atoms with Crippen LogP contribution in [0.2, 0.25) is 0 Å². The minimum Gasteiger partial charge on any atom is -0.458 e. The Morgan fingerprint density at radius 1 is 1.44 bits per heavy atom. The van der Waals surface area contributed by atoms with Gasteiger partial charge in [0.15, 0.2) is 0 Å². The Morgan fingerprint density at radius 3 is 2.38 bits per heavy atom. The fraction of sp³-hybridized carbons (Fsp3) is 0.667. The van der Waals surface area contributed by atoms with Gasteiger partial charge in [0.05, 0.1) is 12.0 Å². The van der Waals surface area contributed by atoms with Gasteiger partial charge in [0.25, 0.3) is 0 Å². The van der Waals surface area contributed by atoms with Crippen LogP contribution in [0, 0.1) is 13.8 Å². The first-order valence-corrected chi connectivity index (χ1v) is 5.45. The van der Waals surface area contributed by atoms with Crippen LogP contribution in [0.3, 0.4) is 0 Å². The Morgan fingerprint density at radius 2 is 2.00 bits per heavy atom. The molecule has 4 nitrogen and oxygen atoms in total. The second-order valence-corrected chi connectivity index (χ2v) is 5.03. The first kappa shape index (κ1) is 12.7. The van der Waals surface area contributed by atoms with Gasteiger partial charge >= 0.3 is 5.97 Å². The molecular weight excluding hydrogens is 204 g/mol. The van der Waals surface area contributed by atoms with Gasteiger partial charge < -0.3 is 9.30 Å². The molecule has 0 fully saturated rings. The lowest BCUT2D eigenvalue weighted by Gasteiger charge is -2.23. The molecule has 1 atom stereocenters. The fourth-order valence-electron chi connectivity index (χ4n) is 1.41. The molecule has 0 aliphatic rings. The highest BCUT2D eigenvalue weighted by molar-refractivity contribution is 5.74. The van der Waals surface area contributed by atoms with Crippen LogP contribution >= 0.6 is 0 Å². The zero-order valence-corrected chi connectivity index (χ0v) is 10.9. The standard InChI is InChI=1S/C12H20N2O2/c1-8-9(2)14(7-13-8)10(3)11(15)16-12(4,5)6/h7,10H,1-6H3. The summed E-state index contributed by atoms with van der Waals surface area (Å²) in [5, 5.41) is 0. The van der Waals surface area contributed by atoms with Crippen molar-refractivity contribution in [1.82, 2.24) is 9.55 Å². The molecule has 0 aliphatic heterocycles. The van der Waals surface area contributed by atoms with Crippen LogP contribution in [0.4, 0.5) is 0 Å². The summed E-state index contributed by atoms with van der Waals surface area (Å²) in [6.07, 6.45) is 1.68. The number of hydrogen-bond donors (Lipinski definition) is 0. The third-order valence-corrected chi connectivity index (χ3v) is 2.45. The number of hydrogen-bond acceptors (Lipinski definition) is 3. The number of carbonyl (C=O) groups excluding carboxylic acids is 1. The summed E-state index contributed by atoms with van der Waals surface area (Å²) < 4.78 is 7.17. The number of nitrogens with zero attached hydrogens (tertiary/aromatic N) is 2. The van der Waals surface area contributed by atoms with Crippen molar-refractivity contribution in [2.45, 2.75) is 53.2 Å². The third kappa shape index (κ3) is 2.84. The fourth-order valence-corrected chi connectivity index (χ4v) is 1.41. The van der Waals surface area contributed by atoms with E-state index in [4.69, 9.17) is 4.74 Å². The Balaban J connectivity index is 2.83. The highest BCUT2D eigenvalue weighted by atomic mass is 16.6. The zero-order chi connectivity index (χ0) is 12.5. The quantitative estimate of drug-likeness (QED) is 0.724. The molecule has 4 heteroatoms. The molecule has 1 aromatic heterocycles. The topological polar surface area (TPSA) is 44.1 Å². The van der Waals surface area contributed by atoms with Crippen molar-refractivity contribution in [3.8, 4) is 0 Å². The normalized spacial score (nSPS) is 13.6. The van der Waals surface area contributed by atoms with Gasteiger partial charge in [-0.2, -0.15) is 0 Å². The Labute approximate surface area is 96.6 Å².